The first-order chi connectivity index (χ1) is 6.22. The molecule has 1 rings (SSSR count). The topological polar surface area (TPSA) is 29.5 Å². The van der Waals surface area contributed by atoms with E-state index in [-0.39, 0.29) is 11.8 Å². The largest absolute Gasteiger partial charge is 0.379 e. The van der Waals surface area contributed by atoms with Crippen LogP contribution in [0.3, 0.4) is 0 Å². The summed E-state index contributed by atoms with van der Waals surface area (Å²) in [4.78, 5) is 13.1. The molecule has 78 valence electrons. The molecule has 1 unspecified atom stereocenters. The van der Waals surface area contributed by atoms with E-state index in [4.69, 9.17) is 4.74 Å². The van der Waals surface area contributed by atoms with E-state index < -0.39 is 0 Å². The van der Waals surface area contributed by atoms with E-state index in [2.05, 4.69) is 4.90 Å². The summed E-state index contributed by atoms with van der Waals surface area (Å²) in [7, 11) is 0. The lowest BCUT2D eigenvalue weighted by Crippen LogP contribution is -2.45. The molecule has 1 atom stereocenters. The average molecular weight is 187 g/mol. The monoisotopic (exact) mass is 187 g/mol. The fourth-order valence-electron chi connectivity index (χ4n) is 1.22. The van der Waals surface area contributed by atoms with Crippen molar-refractivity contribution < 1.29 is 9.53 Å². The molecule has 0 aromatic carbocycles. The van der Waals surface area contributed by atoms with Crippen molar-refractivity contribution in [2.75, 3.05) is 26.3 Å². The zero-order chi connectivity index (χ0) is 10.3. The summed E-state index contributed by atoms with van der Waals surface area (Å²) in [6.07, 6.45) is 0. The molecule has 3 heteroatoms. The highest BCUT2D eigenvalue weighted by molar-refractivity contribution is 5.80. The van der Waals surface area contributed by atoms with Crippen LogP contribution in [0.1, 0.15) is 27.7 Å². The van der Waals surface area contributed by atoms with E-state index in [0.29, 0.717) is 0 Å². The molecule has 0 aliphatic carbocycles. The third-order valence-corrected chi connectivity index (χ3v) is 2.18. The molecular formula is C10H21NO2. The molecule has 1 saturated heterocycles. The maximum atomic E-state index is 11.0. The van der Waals surface area contributed by atoms with Gasteiger partial charge in [0, 0.05) is 13.1 Å². The summed E-state index contributed by atoms with van der Waals surface area (Å²) in [6.45, 7) is 10.9. The summed E-state index contributed by atoms with van der Waals surface area (Å²) in [5.41, 5.74) is 0. The third kappa shape index (κ3) is 4.39. The Morgan fingerprint density at radius 1 is 1.31 bits per heavy atom. The fraction of sp³-hybridized carbons (Fsp3) is 0.900. The van der Waals surface area contributed by atoms with Crippen molar-refractivity contribution in [1.82, 2.24) is 4.90 Å². The fourth-order valence-corrected chi connectivity index (χ4v) is 1.22. The van der Waals surface area contributed by atoms with Crippen LogP contribution in [0.2, 0.25) is 0 Å². The van der Waals surface area contributed by atoms with E-state index in [1.54, 1.807) is 6.92 Å². The highest BCUT2D eigenvalue weighted by Gasteiger charge is 2.19. The zero-order valence-electron chi connectivity index (χ0n) is 9.17. The summed E-state index contributed by atoms with van der Waals surface area (Å²) in [5.74, 6) is 0.243. The number of rotatable bonds is 2. The van der Waals surface area contributed by atoms with Gasteiger partial charge in [0.05, 0.1) is 19.3 Å². The van der Waals surface area contributed by atoms with Crippen LogP contribution in [0.25, 0.3) is 0 Å². The van der Waals surface area contributed by atoms with Gasteiger partial charge in [-0.25, -0.2) is 0 Å². The summed E-state index contributed by atoms with van der Waals surface area (Å²) in [5, 5.41) is 0. The second-order valence-corrected chi connectivity index (χ2v) is 2.93. The first kappa shape index (κ1) is 12.6. The molecule has 0 radical (unpaired) electrons. The maximum absolute atomic E-state index is 11.0. The van der Waals surface area contributed by atoms with Gasteiger partial charge in [0.1, 0.15) is 5.78 Å². The van der Waals surface area contributed by atoms with Crippen LogP contribution in [0.15, 0.2) is 0 Å². The van der Waals surface area contributed by atoms with Crippen LogP contribution in [0.5, 0.6) is 0 Å². The molecular weight excluding hydrogens is 166 g/mol. The minimum absolute atomic E-state index is 0.0684. The van der Waals surface area contributed by atoms with E-state index in [0.717, 1.165) is 26.3 Å². The number of hydrogen-bond acceptors (Lipinski definition) is 3. The number of carbonyl (C=O) groups excluding carboxylic acids is 1. The van der Waals surface area contributed by atoms with Gasteiger partial charge in [-0.15, -0.1) is 0 Å². The standard InChI is InChI=1S/C8H15NO2.C2H6/c1-7(8(2)10)9-3-5-11-6-4-9;1-2/h7H,3-6H2,1-2H3;1-2H3. The minimum atomic E-state index is 0.0684. The Morgan fingerprint density at radius 2 is 1.77 bits per heavy atom. The molecule has 0 amide bonds. The first-order valence-corrected chi connectivity index (χ1v) is 5.04. The molecule has 1 aliphatic heterocycles. The SMILES string of the molecule is CC.CC(=O)C(C)N1CCOCC1. The van der Waals surface area contributed by atoms with Crippen LogP contribution in [0, 0.1) is 0 Å². The second kappa shape index (κ2) is 7.04. The van der Waals surface area contributed by atoms with Gasteiger partial charge < -0.3 is 4.74 Å². The van der Waals surface area contributed by atoms with Crippen molar-refractivity contribution in [1.29, 1.82) is 0 Å². The molecule has 3 nitrogen and oxygen atoms in total. The Labute approximate surface area is 81.1 Å². The smallest absolute Gasteiger partial charge is 0.146 e. The van der Waals surface area contributed by atoms with Gasteiger partial charge in [-0.2, -0.15) is 0 Å². The van der Waals surface area contributed by atoms with E-state index >= 15 is 0 Å². The lowest BCUT2D eigenvalue weighted by molar-refractivity contribution is -0.123. The average Bonchev–Trinajstić information content (AvgIpc) is 2.21. The van der Waals surface area contributed by atoms with E-state index in [9.17, 15) is 4.79 Å². The van der Waals surface area contributed by atoms with Crippen molar-refractivity contribution in [3.8, 4) is 0 Å². The van der Waals surface area contributed by atoms with Crippen LogP contribution < -0.4 is 0 Å². The Kier molecular flexibility index (Phi) is 6.82. The second-order valence-electron chi connectivity index (χ2n) is 2.93. The maximum Gasteiger partial charge on any atom is 0.146 e. The lowest BCUT2D eigenvalue weighted by atomic mass is 10.2. The quantitative estimate of drug-likeness (QED) is 0.653. The molecule has 13 heavy (non-hydrogen) atoms. The van der Waals surface area contributed by atoms with Gasteiger partial charge in [0.25, 0.3) is 0 Å². The van der Waals surface area contributed by atoms with Crippen LogP contribution in [-0.4, -0.2) is 43.0 Å². The molecule has 1 aliphatic rings. The number of ether oxygens (including phenoxy) is 1. The Hall–Kier alpha value is -0.410. The molecule has 1 fully saturated rings. The normalized spacial score (nSPS) is 20.0. The van der Waals surface area contributed by atoms with Crippen molar-refractivity contribution in [3.05, 3.63) is 0 Å². The summed E-state index contributed by atoms with van der Waals surface area (Å²) < 4.78 is 5.18. The number of nitrogens with zero attached hydrogens (tertiary/aromatic N) is 1. The predicted molar refractivity (Wildman–Crippen MR) is 53.9 cm³/mol. The molecule has 1 heterocycles. The molecule has 0 spiro atoms. The van der Waals surface area contributed by atoms with Gasteiger partial charge in [0.15, 0.2) is 0 Å². The van der Waals surface area contributed by atoms with Crippen molar-refractivity contribution >= 4 is 5.78 Å². The Balaban J connectivity index is 0.000000671. The van der Waals surface area contributed by atoms with Crippen molar-refractivity contribution in [2.45, 2.75) is 33.7 Å². The van der Waals surface area contributed by atoms with E-state index in [1.165, 1.54) is 0 Å². The Bertz CT molecular complexity index is 142. The number of carbonyl (C=O) groups is 1. The van der Waals surface area contributed by atoms with Crippen LogP contribution in [-0.2, 0) is 9.53 Å². The lowest BCUT2D eigenvalue weighted by Gasteiger charge is -2.30. The molecule has 0 saturated carbocycles. The molecule has 0 bridgehead atoms. The highest BCUT2D eigenvalue weighted by Crippen LogP contribution is 2.03. The Morgan fingerprint density at radius 3 is 2.15 bits per heavy atom. The van der Waals surface area contributed by atoms with Gasteiger partial charge in [-0.05, 0) is 13.8 Å². The minimum Gasteiger partial charge on any atom is -0.379 e. The van der Waals surface area contributed by atoms with Crippen molar-refractivity contribution in [2.24, 2.45) is 0 Å². The van der Waals surface area contributed by atoms with E-state index in [1.807, 2.05) is 20.8 Å². The summed E-state index contributed by atoms with van der Waals surface area (Å²) >= 11 is 0. The molecule has 0 aromatic heterocycles. The zero-order valence-corrected chi connectivity index (χ0v) is 9.17. The van der Waals surface area contributed by atoms with Gasteiger partial charge in [0.2, 0.25) is 0 Å². The van der Waals surface area contributed by atoms with Gasteiger partial charge in [-0.3, -0.25) is 9.69 Å². The number of ketones is 1. The number of morpholine rings is 1. The number of Topliss-reactive ketones (excluding diaryl/α,β-unsaturated/α-hetero) is 1. The molecule has 0 aromatic rings. The van der Waals surface area contributed by atoms with Crippen molar-refractivity contribution in [3.63, 3.8) is 0 Å². The molecule has 0 N–H and O–H groups in total. The van der Waals surface area contributed by atoms with Crippen LogP contribution >= 0.6 is 0 Å². The van der Waals surface area contributed by atoms with Gasteiger partial charge in [-0.1, -0.05) is 13.8 Å². The third-order valence-electron chi connectivity index (χ3n) is 2.18. The number of hydrogen-bond donors (Lipinski definition) is 0. The summed E-state index contributed by atoms with van der Waals surface area (Å²) in [6, 6.07) is 0.0684. The first-order valence-electron chi connectivity index (χ1n) is 5.04. The van der Waals surface area contributed by atoms with Crippen LogP contribution in [0.4, 0.5) is 0 Å². The highest BCUT2D eigenvalue weighted by atomic mass is 16.5. The van der Waals surface area contributed by atoms with Gasteiger partial charge >= 0.3 is 0 Å². The predicted octanol–water partition coefficient (Wildman–Crippen LogP) is 1.32.